The van der Waals surface area contributed by atoms with Crippen LogP contribution in [0.4, 0.5) is 11.4 Å². The SMILES string of the molecule is C1=C(c2ccccc2)SC(N(c2ccc(-c3ccc(-c4ccc5c(c4)c4ccccc4n5-c4ccc5c(c4)C(c4ccccc4)(c4ccccc4)c4ccccc4-5)cc3)cc2)c2cccc3ccccc23)C1. The summed E-state index contributed by atoms with van der Waals surface area (Å²) in [6, 6.07) is 98.7. The Morgan fingerprint density at radius 1 is 0.403 bits per heavy atom. The standard InChI is InChI=1S/C69H48N2S/c1-4-18-51(19-5-1)67-43-44-68(72-67)71(64-30-16-20-50-17-10-11-25-57(50)64)55-38-35-48(36-39-55)47-31-33-49(34-32-47)52-37-42-66-61(45-52)60-27-13-15-29-65(60)70(66)56-40-41-59-58-26-12-14-28-62(58)69(63(59)46-56,53-21-6-2-7-22-53)54-23-8-3-9-24-54/h1-43,45-46,68H,44H2. The number of fused-ring (bicyclic) bond motifs is 7. The average molecular weight is 937 g/mol. The fraction of sp³-hybridized carbons (Fsp3) is 0.0435. The molecule has 1 unspecified atom stereocenters. The van der Waals surface area contributed by atoms with Crippen LogP contribution in [0, 0.1) is 0 Å². The van der Waals surface area contributed by atoms with Gasteiger partial charge in [-0.25, -0.2) is 0 Å². The topological polar surface area (TPSA) is 8.17 Å². The smallest absolute Gasteiger partial charge is 0.0880 e. The Kier molecular flexibility index (Phi) is 10.2. The van der Waals surface area contributed by atoms with Gasteiger partial charge in [0.1, 0.15) is 0 Å². The molecule has 0 bridgehead atoms. The van der Waals surface area contributed by atoms with Crippen LogP contribution in [0.5, 0.6) is 0 Å². The van der Waals surface area contributed by atoms with Gasteiger partial charge in [0.25, 0.3) is 0 Å². The van der Waals surface area contributed by atoms with Crippen molar-refractivity contribution in [1.82, 2.24) is 4.57 Å². The molecule has 72 heavy (non-hydrogen) atoms. The first-order valence-electron chi connectivity index (χ1n) is 25.0. The van der Waals surface area contributed by atoms with Crippen molar-refractivity contribution in [2.75, 3.05) is 4.90 Å². The normalized spacial score (nSPS) is 14.6. The van der Waals surface area contributed by atoms with E-state index in [0.29, 0.717) is 0 Å². The molecule has 0 spiro atoms. The molecule has 1 atom stereocenters. The zero-order chi connectivity index (χ0) is 47.6. The van der Waals surface area contributed by atoms with E-state index in [9.17, 15) is 0 Å². The molecule has 340 valence electrons. The molecule has 0 saturated heterocycles. The number of aromatic nitrogens is 1. The summed E-state index contributed by atoms with van der Waals surface area (Å²) in [6.45, 7) is 0. The molecular weight excluding hydrogens is 889 g/mol. The van der Waals surface area contributed by atoms with Crippen LogP contribution in [0.2, 0.25) is 0 Å². The van der Waals surface area contributed by atoms with E-state index in [1.165, 1.54) is 110 Å². The fourth-order valence-corrected chi connectivity index (χ4v) is 13.2. The van der Waals surface area contributed by atoms with Crippen LogP contribution in [-0.4, -0.2) is 9.94 Å². The second kappa shape index (κ2) is 17.3. The summed E-state index contributed by atoms with van der Waals surface area (Å²) in [6.07, 6.45) is 3.37. The second-order valence-corrected chi connectivity index (χ2v) is 20.3. The molecule has 1 aliphatic heterocycles. The zero-order valence-electron chi connectivity index (χ0n) is 39.6. The molecule has 14 rings (SSSR count). The van der Waals surface area contributed by atoms with E-state index in [2.05, 4.69) is 282 Å². The van der Waals surface area contributed by atoms with E-state index in [0.717, 1.165) is 12.1 Å². The van der Waals surface area contributed by atoms with Gasteiger partial charge in [0.2, 0.25) is 0 Å². The van der Waals surface area contributed by atoms with Crippen molar-refractivity contribution >= 4 is 60.6 Å². The molecule has 3 heteroatoms. The van der Waals surface area contributed by atoms with Crippen LogP contribution in [0.15, 0.2) is 273 Å². The summed E-state index contributed by atoms with van der Waals surface area (Å²) in [5.74, 6) is 0. The summed E-state index contributed by atoms with van der Waals surface area (Å²) in [5.41, 5.74) is 19.3. The number of para-hydroxylation sites is 1. The van der Waals surface area contributed by atoms with E-state index >= 15 is 0 Å². The minimum Gasteiger partial charge on any atom is -0.328 e. The van der Waals surface area contributed by atoms with Crippen molar-refractivity contribution in [3.63, 3.8) is 0 Å². The number of benzene rings is 11. The van der Waals surface area contributed by atoms with Crippen molar-refractivity contribution in [2.45, 2.75) is 17.2 Å². The first-order valence-corrected chi connectivity index (χ1v) is 25.9. The van der Waals surface area contributed by atoms with Gasteiger partial charge in [0, 0.05) is 32.4 Å². The van der Waals surface area contributed by atoms with Crippen molar-refractivity contribution in [3.05, 3.63) is 301 Å². The molecule has 0 saturated carbocycles. The molecule has 2 nitrogen and oxygen atoms in total. The Morgan fingerprint density at radius 2 is 0.972 bits per heavy atom. The van der Waals surface area contributed by atoms with Gasteiger partial charge in [0.05, 0.1) is 27.5 Å². The summed E-state index contributed by atoms with van der Waals surface area (Å²) in [4.78, 5) is 3.89. The number of anilines is 2. The Balaban J connectivity index is 0.807. The Morgan fingerprint density at radius 3 is 1.72 bits per heavy atom. The summed E-state index contributed by atoms with van der Waals surface area (Å²) in [5, 5.41) is 5.23. The zero-order valence-corrected chi connectivity index (χ0v) is 40.4. The maximum absolute atomic E-state index is 2.55. The molecule has 0 amide bonds. The third kappa shape index (κ3) is 6.80. The van der Waals surface area contributed by atoms with Crippen molar-refractivity contribution in [3.8, 4) is 39.1 Å². The highest BCUT2D eigenvalue weighted by Crippen LogP contribution is 2.57. The minimum atomic E-state index is -0.470. The molecule has 0 radical (unpaired) electrons. The largest absolute Gasteiger partial charge is 0.328 e. The minimum absolute atomic E-state index is 0.229. The number of rotatable bonds is 9. The lowest BCUT2D eigenvalue weighted by Gasteiger charge is -2.34. The molecule has 2 aliphatic rings. The van der Waals surface area contributed by atoms with Gasteiger partial charge in [-0.15, -0.1) is 11.8 Å². The van der Waals surface area contributed by atoms with Gasteiger partial charge in [-0.2, -0.15) is 0 Å². The van der Waals surface area contributed by atoms with Gasteiger partial charge >= 0.3 is 0 Å². The van der Waals surface area contributed by atoms with Gasteiger partial charge < -0.3 is 9.47 Å². The van der Waals surface area contributed by atoms with Crippen molar-refractivity contribution in [1.29, 1.82) is 0 Å². The lowest BCUT2D eigenvalue weighted by molar-refractivity contribution is 0.767. The number of hydrogen-bond acceptors (Lipinski definition) is 2. The highest BCUT2D eigenvalue weighted by Gasteiger charge is 2.46. The number of hydrogen-bond donors (Lipinski definition) is 0. The lowest BCUT2D eigenvalue weighted by atomic mass is 9.67. The molecule has 2 heterocycles. The van der Waals surface area contributed by atoms with Crippen LogP contribution in [0.25, 0.3) is 76.6 Å². The molecular formula is C69H48N2S. The van der Waals surface area contributed by atoms with Crippen LogP contribution < -0.4 is 4.90 Å². The fourth-order valence-electron chi connectivity index (χ4n) is 11.9. The third-order valence-electron chi connectivity index (χ3n) is 15.2. The van der Waals surface area contributed by atoms with Gasteiger partial charge in [-0.1, -0.05) is 224 Å². The molecule has 1 aromatic heterocycles. The highest BCUT2D eigenvalue weighted by molar-refractivity contribution is 8.09. The van der Waals surface area contributed by atoms with Crippen LogP contribution in [0.3, 0.4) is 0 Å². The molecule has 0 N–H and O–H groups in total. The van der Waals surface area contributed by atoms with Crippen LogP contribution in [-0.2, 0) is 5.41 Å². The monoisotopic (exact) mass is 936 g/mol. The molecule has 12 aromatic rings. The van der Waals surface area contributed by atoms with Crippen molar-refractivity contribution < 1.29 is 0 Å². The van der Waals surface area contributed by atoms with Crippen LogP contribution >= 0.6 is 11.8 Å². The summed E-state index contributed by atoms with van der Waals surface area (Å²) < 4.78 is 2.47. The maximum atomic E-state index is 2.55. The quantitative estimate of drug-likeness (QED) is 0.142. The number of nitrogens with zero attached hydrogens (tertiary/aromatic N) is 2. The van der Waals surface area contributed by atoms with E-state index in [4.69, 9.17) is 0 Å². The molecule has 11 aromatic carbocycles. The highest BCUT2D eigenvalue weighted by atomic mass is 32.2. The first kappa shape index (κ1) is 42.3. The maximum Gasteiger partial charge on any atom is 0.0880 e. The van der Waals surface area contributed by atoms with E-state index in [1.807, 2.05) is 11.8 Å². The molecule has 1 aliphatic carbocycles. The first-order chi connectivity index (χ1) is 35.7. The number of thioether (sulfide) groups is 1. The van der Waals surface area contributed by atoms with Gasteiger partial charge in [-0.05, 0) is 122 Å². The van der Waals surface area contributed by atoms with E-state index < -0.39 is 5.41 Å². The molecule has 0 fully saturated rings. The lowest BCUT2D eigenvalue weighted by Crippen LogP contribution is -2.28. The predicted molar refractivity (Wildman–Crippen MR) is 305 cm³/mol. The van der Waals surface area contributed by atoms with E-state index in [1.54, 1.807) is 0 Å². The summed E-state index contributed by atoms with van der Waals surface area (Å²) >= 11 is 1.96. The Labute approximate surface area is 424 Å². The average Bonchev–Trinajstić information content (AvgIpc) is 4.16. The Bertz CT molecular complexity index is 3980. The predicted octanol–water partition coefficient (Wildman–Crippen LogP) is 18.3. The Hall–Kier alpha value is -8.63. The van der Waals surface area contributed by atoms with Crippen LogP contribution in [0.1, 0.15) is 34.2 Å². The summed E-state index contributed by atoms with van der Waals surface area (Å²) in [7, 11) is 0. The van der Waals surface area contributed by atoms with Gasteiger partial charge in [-0.3, -0.25) is 0 Å². The second-order valence-electron chi connectivity index (χ2n) is 19.1. The van der Waals surface area contributed by atoms with Gasteiger partial charge in [0.15, 0.2) is 0 Å². The third-order valence-corrected chi connectivity index (χ3v) is 16.5. The van der Waals surface area contributed by atoms with Crippen molar-refractivity contribution in [2.24, 2.45) is 0 Å². The van der Waals surface area contributed by atoms with E-state index in [-0.39, 0.29) is 5.37 Å².